The summed E-state index contributed by atoms with van der Waals surface area (Å²) in [7, 11) is 3.55. The molecule has 0 aliphatic rings. The van der Waals surface area contributed by atoms with Gasteiger partial charge in [-0.2, -0.15) is 0 Å². The van der Waals surface area contributed by atoms with Crippen LogP contribution in [0.3, 0.4) is 0 Å². The normalized spacial score (nSPS) is 10.4. The molecule has 0 aliphatic carbocycles. The Morgan fingerprint density at radius 2 is 1.89 bits per heavy atom. The molecule has 2 rings (SSSR count). The summed E-state index contributed by atoms with van der Waals surface area (Å²) in [5.41, 5.74) is 2.98. The summed E-state index contributed by atoms with van der Waals surface area (Å²) in [6.07, 6.45) is 0. The van der Waals surface area contributed by atoms with E-state index in [-0.39, 0.29) is 0 Å². The number of hydrogen-bond donors (Lipinski definition) is 1. The number of aryl methyl sites for hydroxylation is 1. The van der Waals surface area contributed by atoms with Crippen molar-refractivity contribution in [3.63, 3.8) is 0 Å². The van der Waals surface area contributed by atoms with Crippen LogP contribution in [0.4, 0.5) is 0 Å². The maximum Gasteiger partial charge on any atom is 0.143 e. The number of hydrogen-bond acceptors (Lipinski definition) is 4. The van der Waals surface area contributed by atoms with Crippen molar-refractivity contribution in [3.05, 3.63) is 41.9 Å². The van der Waals surface area contributed by atoms with Gasteiger partial charge >= 0.3 is 0 Å². The highest BCUT2D eigenvalue weighted by atomic mass is 16.5. The molecule has 0 saturated carbocycles. The molecule has 1 heterocycles. The van der Waals surface area contributed by atoms with Crippen LogP contribution in [-0.4, -0.2) is 24.1 Å². The predicted octanol–water partition coefficient (Wildman–Crippen LogP) is 2.18. The molecule has 0 atom stereocenters. The molecule has 0 unspecified atom stereocenters. The molecule has 0 amide bonds. The van der Waals surface area contributed by atoms with Gasteiger partial charge in [-0.25, -0.2) is 9.97 Å². The Kier molecular flexibility index (Phi) is 3.89. The van der Waals surface area contributed by atoms with Crippen molar-refractivity contribution in [2.24, 2.45) is 0 Å². The van der Waals surface area contributed by atoms with E-state index in [1.165, 1.54) is 0 Å². The number of benzene rings is 1. The van der Waals surface area contributed by atoms with Gasteiger partial charge in [0.25, 0.3) is 0 Å². The van der Waals surface area contributed by atoms with Crippen molar-refractivity contribution < 1.29 is 4.74 Å². The summed E-state index contributed by atoms with van der Waals surface area (Å²) in [5, 5.41) is 3.06. The molecule has 0 aliphatic heterocycles. The lowest BCUT2D eigenvalue weighted by atomic mass is 10.1. The van der Waals surface area contributed by atoms with E-state index in [0.29, 0.717) is 6.54 Å². The largest absolute Gasteiger partial charge is 0.497 e. The van der Waals surface area contributed by atoms with Crippen LogP contribution in [0.1, 0.15) is 11.5 Å². The first-order chi connectivity index (χ1) is 8.72. The molecular formula is C14H17N3O. The number of nitrogens with zero attached hydrogens (tertiary/aromatic N) is 2. The smallest absolute Gasteiger partial charge is 0.143 e. The molecular weight excluding hydrogens is 226 g/mol. The van der Waals surface area contributed by atoms with Crippen molar-refractivity contribution in [2.45, 2.75) is 13.5 Å². The fraction of sp³-hybridized carbons (Fsp3) is 0.286. The van der Waals surface area contributed by atoms with Gasteiger partial charge in [0.1, 0.15) is 11.6 Å². The molecule has 4 nitrogen and oxygen atoms in total. The van der Waals surface area contributed by atoms with E-state index in [4.69, 9.17) is 4.74 Å². The standard InChI is InChI=1S/C14H17N3O/c1-10-8-13(17-14(16-10)9-15-2)11-4-6-12(18-3)7-5-11/h4-8,15H,9H2,1-3H3. The first-order valence-corrected chi connectivity index (χ1v) is 5.86. The van der Waals surface area contributed by atoms with E-state index in [0.717, 1.165) is 28.5 Å². The molecule has 18 heavy (non-hydrogen) atoms. The second-order valence-electron chi connectivity index (χ2n) is 4.07. The Bertz CT molecular complexity index is 523. The number of ether oxygens (including phenoxy) is 1. The van der Waals surface area contributed by atoms with Crippen LogP contribution >= 0.6 is 0 Å². The zero-order chi connectivity index (χ0) is 13.0. The van der Waals surface area contributed by atoms with Crippen LogP contribution in [0, 0.1) is 6.92 Å². The SMILES string of the molecule is CNCc1nc(C)cc(-c2ccc(OC)cc2)n1. The summed E-state index contributed by atoms with van der Waals surface area (Å²) in [5.74, 6) is 1.66. The lowest BCUT2D eigenvalue weighted by molar-refractivity contribution is 0.415. The molecule has 4 heteroatoms. The minimum absolute atomic E-state index is 0.671. The summed E-state index contributed by atoms with van der Waals surface area (Å²) in [6.45, 7) is 2.65. The van der Waals surface area contributed by atoms with Crippen molar-refractivity contribution >= 4 is 0 Å². The van der Waals surface area contributed by atoms with E-state index in [2.05, 4.69) is 15.3 Å². The Balaban J connectivity index is 2.36. The molecule has 0 radical (unpaired) electrons. The second kappa shape index (κ2) is 5.60. The third kappa shape index (κ3) is 2.84. The van der Waals surface area contributed by atoms with Crippen molar-refractivity contribution in [2.75, 3.05) is 14.2 Å². The predicted molar refractivity (Wildman–Crippen MR) is 71.5 cm³/mol. The highest BCUT2D eigenvalue weighted by Gasteiger charge is 2.04. The topological polar surface area (TPSA) is 47.0 Å². The molecule has 94 valence electrons. The average Bonchev–Trinajstić information content (AvgIpc) is 2.38. The lowest BCUT2D eigenvalue weighted by Gasteiger charge is -2.06. The van der Waals surface area contributed by atoms with Crippen LogP contribution < -0.4 is 10.1 Å². The quantitative estimate of drug-likeness (QED) is 0.894. The van der Waals surface area contributed by atoms with Crippen molar-refractivity contribution in [1.82, 2.24) is 15.3 Å². The third-order valence-electron chi connectivity index (χ3n) is 2.62. The number of aromatic nitrogens is 2. The molecule has 1 aromatic heterocycles. The average molecular weight is 243 g/mol. The number of methoxy groups -OCH3 is 1. The van der Waals surface area contributed by atoms with Gasteiger partial charge in [-0.3, -0.25) is 0 Å². The second-order valence-corrected chi connectivity index (χ2v) is 4.07. The van der Waals surface area contributed by atoms with Gasteiger partial charge in [0.2, 0.25) is 0 Å². The Hall–Kier alpha value is -1.94. The molecule has 1 N–H and O–H groups in total. The minimum Gasteiger partial charge on any atom is -0.497 e. The fourth-order valence-corrected chi connectivity index (χ4v) is 1.78. The molecule has 1 aromatic carbocycles. The minimum atomic E-state index is 0.671. The highest BCUT2D eigenvalue weighted by Crippen LogP contribution is 2.21. The van der Waals surface area contributed by atoms with E-state index >= 15 is 0 Å². The van der Waals surface area contributed by atoms with Gasteiger partial charge in [0.05, 0.1) is 19.3 Å². The van der Waals surface area contributed by atoms with Crippen LogP contribution in [0.25, 0.3) is 11.3 Å². The Labute approximate surface area is 107 Å². The van der Waals surface area contributed by atoms with E-state index in [1.54, 1.807) is 7.11 Å². The molecule has 0 bridgehead atoms. The van der Waals surface area contributed by atoms with Gasteiger partial charge in [-0.05, 0) is 44.3 Å². The Morgan fingerprint density at radius 1 is 1.17 bits per heavy atom. The zero-order valence-electron chi connectivity index (χ0n) is 10.9. The first kappa shape index (κ1) is 12.5. The fourth-order valence-electron chi connectivity index (χ4n) is 1.78. The van der Waals surface area contributed by atoms with E-state index in [1.807, 2.05) is 44.3 Å². The summed E-state index contributed by atoms with van der Waals surface area (Å²) < 4.78 is 5.15. The highest BCUT2D eigenvalue weighted by molar-refractivity contribution is 5.60. The van der Waals surface area contributed by atoms with Crippen LogP contribution in [0.5, 0.6) is 5.75 Å². The molecule has 0 spiro atoms. The van der Waals surface area contributed by atoms with Crippen LogP contribution in [0.15, 0.2) is 30.3 Å². The van der Waals surface area contributed by atoms with E-state index < -0.39 is 0 Å². The first-order valence-electron chi connectivity index (χ1n) is 5.86. The lowest BCUT2D eigenvalue weighted by Crippen LogP contribution is -2.10. The van der Waals surface area contributed by atoms with Gasteiger partial charge in [-0.15, -0.1) is 0 Å². The van der Waals surface area contributed by atoms with Gasteiger partial charge < -0.3 is 10.1 Å². The monoisotopic (exact) mass is 243 g/mol. The maximum absolute atomic E-state index is 5.15. The van der Waals surface area contributed by atoms with Gasteiger partial charge in [0, 0.05) is 11.3 Å². The van der Waals surface area contributed by atoms with Crippen LogP contribution in [-0.2, 0) is 6.54 Å². The van der Waals surface area contributed by atoms with Gasteiger partial charge in [-0.1, -0.05) is 0 Å². The van der Waals surface area contributed by atoms with Crippen molar-refractivity contribution in [1.29, 1.82) is 0 Å². The van der Waals surface area contributed by atoms with Crippen molar-refractivity contribution in [3.8, 4) is 17.0 Å². The maximum atomic E-state index is 5.15. The molecule has 2 aromatic rings. The summed E-state index contributed by atoms with van der Waals surface area (Å²) in [6, 6.07) is 9.86. The van der Waals surface area contributed by atoms with E-state index in [9.17, 15) is 0 Å². The third-order valence-corrected chi connectivity index (χ3v) is 2.62. The molecule has 0 saturated heterocycles. The molecule has 0 fully saturated rings. The Morgan fingerprint density at radius 3 is 2.50 bits per heavy atom. The summed E-state index contributed by atoms with van der Waals surface area (Å²) >= 11 is 0. The number of rotatable bonds is 4. The van der Waals surface area contributed by atoms with Crippen LogP contribution in [0.2, 0.25) is 0 Å². The summed E-state index contributed by atoms with van der Waals surface area (Å²) in [4.78, 5) is 8.92. The van der Waals surface area contributed by atoms with Gasteiger partial charge in [0.15, 0.2) is 0 Å². The number of nitrogens with one attached hydrogen (secondary N) is 1. The zero-order valence-corrected chi connectivity index (χ0v) is 10.9.